The van der Waals surface area contributed by atoms with Crippen LogP contribution in [0.5, 0.6) is 5.75 Å². The summed E-state index contributed by atoms with van der Waals surface area (Å²) in [5.41, 5.74) is 5.41. The van der Waals surface area contributed by atoms with Gasteiger partial charge in [-0.3, -0.25) is 15.0 Å². The van der Waals surface area contributed by atoms with E-state index in [4.69, 9.17) is 59.1 Å². The van der Waals surface area contributed by atoms with Gasteiger partial charge in [-0.05, 0) is 81.6 Å². The minimum Gasteiger partial charge on any atom is -0.494 e. The minimum atomic E-state index is -1.63. The third kappa shape index (κ3) is 9.36. The number of hydrazine groups is 1. The predicted octanol–water partition coefficient (Wildman–Crippen LogP) is 6.65. The number of carbonyl (C=O) groups is 2. The van der Waals surface area contributed by atoms with Crippen LogP contribution >= 0.6 is 34.8 Å². The lowest BCUT2D eigenvalue weighted by Gasteiger charge is -2.31. The van der Waals surface area contributed by atoms with Gasteiger partial charge in [-0.25, -0.2) is 10.4 Å². The largest absolute Gasteiger partial charge is 0.494 e. The fourth-order valence-electron chi connectivity index (χ4n) is 4.90. The zero-order chi connectivity index (χ0) is 33.3. The molecular weight excluding hydrogens is 653 g/mol. The maximum Gasteiger partial charge on any atom is 0.306 e. The zero-order valence-corrected chi connectivity index (χ0v) is 28.2. The van der Waals surface area contributed by atoms with E-state index in [9.17, 15) is 9.59 Å². The molecule has 1 amide bonds. The van der Waals surface area contributed by atoms with E-state index in [2.05, 4.69) is 10.9 Å². The van der Waals surface area contributed by atoms with Gasteiger partial charge in [0.05, 0.1) is 6.61 Å². The van der Waals surface area contributed by atoms with Gasteiger partial charge < -0.3 is 19.3 Å². The summed E-state index contributed by atoms with van der Waals surface area (Å²) >= 11 is 19.2. The number of ether oxygens (including phenoxy) is 3. The van der Waals surface area contributed by atoms with E-state index in [1.807, 2.05) is 24.3 Å². The molecule has 12 heteroatoms. The minimum absolute atomic E-state index is 0.0275. The van der Waals surface area contributed by atoms with Crippen LogP contribution in [0.2, 0.25) is 15.1 Å². The predicted molar refractivity (Wildman–Crippen MR) is 180 cm³/mol. The smallest absolute Gasteiger partial charge is 0.306 e. The first-order valence-corrected chi connectivity index (χ1v) is 16.1. The third-order valence-corrected chi connectivity index (χ3v) is 8.02. The van der Waals surface area contributed by atoms with Gasteiger partial charge >= 0.3 is 5.97 Å². The summed E-state index contributed by atoms with van der Waals surface area (Å²) in [6.45, 7) is 6.09. The highest BCUT2D eigenvalue weighted by Crippen LogP contribution is 2.45. The Morgan fingerprint density at radius 3 is 2.43 bits per heavy atom. The topological polar surface area (TPSA) is 118 Å². The van der Waals surface area contributed by atoms with Crippen molar-refractivity contribution in [1.29, 1.82) is 0 Å². The van der Waals surface area contributed by atoms with E-state index in [1.54, 1.807) is 63.2 Å². The molecule has 1 aliphatic rings. The number of hydrogen-bond acceptors (Lipinski definition) is 8. The molecule has 3 N–H and O–H groups in total. The summed E-state index contributed by atoms with van der Waals surface area (Å²) in [6, 6.07) is 19.4. The normalized spacial score (nSPS) is 17.6. The number of aliphatic imine (C=N–C) groups is 1. The van der Waals surface area contributed by atoms with Crippen LogP contribution in [-0.2, 0) is 25.5 Å². The molecule has 0 fully saturated rings. The molecule has 1 heterocycles. The number of benzene rings is 3. The molecule has 9 nitrogen and oxygen atoms in total. The van der Waals surface area contributed by atoms with Crippen molar-refractivity contribution < 1.29 is 28.9 Å². The van der Waals surface area contributed by atoms with Crippen LogP contribution < -0.4 is 15.6 Å². The van der Waals surface area contributed by atoms with E-state index in [-0.39, 0.29) is 30.4 Å². The number of rotatable bonds is 14. The Bertz CT molecular complexity index is 1540. The van der Waals surface area contributed by atoms with Gasteiger partial charge in [0.25, 0.3) is 5.91 Å². The molecule has 0 unspecified atom stereocenters. The lowest BCUT2D eigenvalue weighted by Crippen LogP contribution is -2.53. The monoisotopic (exact) mass is 689 g/mol. The number of halogens is 3. The fraction of sp³-hybridized carbons (Fsp3) is 0.382. The summed E-state index contributed by atoms with van der Waals surface area (Å²) in [5, 5.41) is 10.4. The lowest BCUT2D eigenvalue weighted by molar-refractivity contribution is -0.155. The second kappa shape index (κ2) is 16.0. The van der Waals surface area contributed by atoms with Gasteiger partial charge in [0.15, 0.2) is 11.6 Å². The van der Waals surface area contributed by atoms with Crippen molar-refractivity contribution in [1.82, 2.24) is 10.9 Å². The van der Waals surface area contributed by atoms with Crippen LogP contribution in [0.15, 0.2) is 71.7 Å². The molecule has 1 aliphatic heterocycles. The lowest BCUT2D eigenvalue weighted by atomic mass is 9.83. The van der Waals surface area contributed by atoms with Gasteiger partial charge in [0, 0.05) is 52.2 Å². The first-order chi connectivity index (χ1) is 21.9. The molecule has 0 aromatic heterocycles. The van der Waals surface area contributed by atoms with Crippen LogP contribution in [0, 0.1) is 0 Å². The van der Waals surface area contributed by atoms with Crippen LogP contribution in [0.3, 0.4) is 0 Å². The Labute approximate surface area is 284 Å². The molecule has 4 rings (SSSR count). The van der Waals surface area contributed by atoms with Crippen LogP contribution in [-0.4, -0.2) is 53.8 Å². The molecule has 46 heavy (non-hydrogen) atoms. The van der Waals surface area contributed by atoms with Crippen molar-refractivity contribution in [2.75, 3.05) is 19.8 Å². The average molecular weight is 691 g/mol. The summed E-state index contributed by atoms with van der Waals surface area (Å²) in [6.07, 6.45) is -0.127. The molecular formula is C34H38Cl3N3O6. The van der Waals surface area contributed by atoms with E-state index in [0.717, 1.165) is 5.56 Å². The SMILES string of the molecule is CC(C)(C)OC(=O)CC[C@]1(C(=O)NNCCc2ccccc2Cl)N=C(c2ccc(OCCCO)cc2)O[C@H]1c1ccc(Cl)cc1Cl. The van der Waals surface area contributed by atoms with Gasteiger partial charge in [0.2, 0.25) is 5.90 Å². The van der Waals surface area contributed by atoms with E-state index >= 15 is 0 Å². The van der Waals surface area contributed by atoms with Crippen molar-refractivity contribution in [2.45, 2.75) is 63.7 Å². The molecule has 3 aromatic carbocycles. The summed E-state index contributed by atoms with van der Waals surface area (Å²) in [7, 11) is 0. The molecule has 0 spiro atoms. The Morgan fingerprint density at radius 1 is 1.02 bits per heavy atom. The van der Waals surface area contributed by atoms with Crippen molar-refractivity contribution >= 4 is 52.6 Å². The number of hydrogen-bond donors (Lipinski definition) is 3. The Kier molecular flexibility index (Phi) is 12.3. The highest BCUT2D eigenvalue weighted by atomic mass is 35.5. The average Bonchev–Trinajstić information content (AvgIpc) is 3.39. The molecule has 0 aliphatic carbocycles. The number of aliphatic hydroxyl groups is 1. The second-order valence-electron chi connectivity index (χ2n) is 11.8. The number of nitrogens with zero attached hydrogens (tertiary/aromatic N) is 1. The van der Waals surface area contributed by atoms with E-state index < -0.39 is 29.1 Å². The van der Waals surface area contributed by atoms with Crippen molar-refractivity contribution in [3.05, 3.63) is 98.5 Å². The Morgan fingerprint density at radius 2 is 1.76 bits per heavy atom. The Balaban J connectivity index is 1.68. The zero-order valence-electron chi connectivity index (χ0n) is 25.9. The van der Waals surface area contributed by atoms with Crippen molar-refractivity contribution in [2.24, 2.45) is 4.99 Å². The van der Waals surface area contributed by atoms with Gasteiger partial charge in [0.1, 0.15) is 11.4 Å². The quantitative estimate of drug-likeness (QED) is 0.0985. The number of carbonyl (C=O) groups excluding carboxylic acids is 2. The van der Waals surface area contributed by atoms with Gasteiger partial charge in [-0.1, -0.05) is 59.1 Å². The summed E-state index contributed by atoms with van der Waals surface area (Å²) < 4.78 is 17.7. The highest BCUT2D eigenvalue weighted by Gasteiger charge is 2.54. The maximum absolute atomic E-state index is 14.2. The second-order valence-corrected chi connectivity index (χ2v) is 13.0. The molecule has 246 valence electrons. The fourth-order valence-corrected chi connectivity index (χ4v) is 5.63. The number of nitrogens with one attached hydrogen (secondary N) is 2. The van der Waals surface area contributed by atoms with Gasteiger partial charge in [-0.2, -0.15) is 0 Å². The number of esters is 1. The summed E-state index contributed by atoms with van der Waals surface area (Å²) in [4.78, 5) is 32.1. The summed E-state index contributed by atoms with van der Waals surface area (Å²) in [5.74, 6) is -0.219. The van der Waals surface area contributed by atoms with E-state index in [0.29, 0.717) is 52.9 Å². The van der Waals surface area contributed by atoms with E-state index in [1.165, 1.54) is 0 Å². The van der Waals surface area contributed by atoms with Gasteiger partial charge in [-0.15, -0.1) is 0 Å². The maximum atomic E-state index is 14.2. The molecule has 2 atom stereocenters. The highest BCUT2D eigenvalue weighted by molar-refractivity contribution is 6.35. The number of aliphatic hydroxyl groups excluding tert-OH is 1. The standard InChI is InChI=1S/C34H38Cl3N3O6/c1-33(2,3)46-29(42)15-17-34(32(43)40-38-18-16-22-7-4-5-8-27(22)36)30(26-14-11-24(35)21-28(26)37)45-31(39-34)23-9-12-25(13-10-23)44-20-6-19-41/h4-5,7-14,21,30,38,41H,6,15-20H2,1-3H3,(H,40,43)/t30-,34-/m0/s1. The van der Waals surface area contributed by atoms with Crippen LogP contribution in [0.4, 0.5) is 0 Å². The van der Waals surface area contributed by atoms with Crippen molar-refractivity contribution in [3.8, 4) is 5.75 Å². The molecule has 0 radical (unpaired) electrons. The first-order valence-electron chi connectivity index (χ1n) is 15.0. The molecule has 3 aromatic rings. The first kappa shape index (κ1) is 35.5. The Hall–Kier alpha value is -3.34. The molecule has 0 bridgehead atoms. The number of amides is 1. The molecule has 0 saturated carbocycles. The third-order valence-electron chi connectivity index (χ3n) is 7.08. The van der Waals surface area contributed by atoms with Crippen LogP contribution in [0.1, 0.15) is 62.8 Å². The molecule has 0 saturated heterocycles. The van der Waals surface area contributed by atoms with Crippen molar-refractivity contribution in [3.63, 3.8) is 0 Å². The van der Waals surface area contributed by atoms with Crippen LogP contribution in [0.25, 0.3) is 0 Å².